The number of hydrogen-bond acceptors (Lipinski definition) is 11. The van der Waals surface area contributed by atoms with Gasteiger partial charge in [0.25, 0.3) is 0 Å². The van der Waals surface area contributed by atoms with Crippen LogP contribution in [0.3, 0.4) is 0 Å². The minimum Gasteiger partial charge on any atom is -0.464 e. The van der Waals surface area contributed by atoms with Crippen molar-refractivity contribution in [2.24, 2.45) is 11.3 Å². The van der Waals surface area contributed by atoms with E-state index in [1.165, 1.54) is 22.1 Å². The zero-order chi connectivity index (χ0) is 31.1. The van der Waals surface area contributed by atoms with Crippen LogP contribution in [0.1, 0.15) is 34.6 Å². The molecule has 1 amide bonds. The highest BCUT2D eigenvalue weighted by molar-refractivity contribution is 8.77. The molecule has 1 fully saturated rings. The van der Waals surface area contributed by atoms with Crippen LogP contribution >= 0.6 is 32.9 Å². The molecule has 1 aliphatic rings. The number of likely N-dealkylation sites (tertiary alicyclic amines) is 1. The summed E-state index contributed by atoms with van der Waals surface area (Å²) in [5.41, 5.74) is -7.38. The molecule has 0 aliphatic carbocycles. The molecule has 228 valence electrons. The van der Waals surface area contributed by atoms with E-state index in [-0.39, 0.29) is 0 Å². The maximum Gasteiger partial charge on any atom is 0.534 e. The lowest BCUT2D eigenvalue weighted by Crippen LogP contribution is -2.70. The number of esters is 1. The van der Waals surface area contributed by atoms with Gasteiger partial charge >= 0.3 is 21.6 Å². The monoisotopic (exact) mass is 672 g/mol. The Kier molecular flexibility index (Phi) is 9.92. The van der Waals surface area contributed by atoms with Crippen LogP contribution in [-0.4, -0.2) is 62.8 Å². The van der Waals surface area contributed by atoms with Crippen LogP contribution in [0.15, 0.2) is 40.1 Å². The molecule has 17 heteroatoms. The van der Waals surface area contributed by atoms with E-state index in [1.807, 2.05) is 58.1 Å². The number of para-hydroxylation sites is 1. The highest BCUT2D eigenvalue weighted by Crippen LogP contribution is 2.55. The van der Waals surface area contributed by atoms with Gasteiger partial charge in [-0.1, -0.05) is 43.7 Å². The van der Waals surface area contributed by atoms with Gasteiger partial charge < -0.3 is 13.3 Å². The minimum atomic E-state index is -6.13. The van der Waals surface area contributed by atoms with Gasteiger partial charge in [0.15, 0.2) is 19.1 Å². The van der Waals surface area contributed by atoms with Gasteiger partial charge in [0.05, 0.1) is 28.8 Å². The van der Waals surface area contributed by atoms with Crippen LogP contribution < -0.4 is 0 Å². The molecule has 1 aromatic heterocycles. The smallest absolute Gasteiger partial charge is 0.464 e. The van der Waals surface area contributed by atoms with Crippen LogP contribution in [0, 0.1) is 11.3 Å². The minimum absolute atomic E-state index is 0.587. The van der Waals surface area contributed by atoms with Crippen molar-refractivity contribution in [3.05, 3.63) is 35.7 Å². The van der Waals surface area contributed by atoms with Crippen LogP contribution in [-0.2, 0) is 33.1 Å². The Hall–Kier alpha value is -1.79. The number of carbonyl (C=O) groups excluding carboxylic acids is 2. The van der Waals surface area contributed by atoms with E-state index in [9.17, 15) is 31.2 Å². The molecule has 0 spiro atoms. The number of alkyl halides is 3. The lowest BCUT2D eigenvalue weighted by atomic mass is 9.66. The molecule has 2 heterocycles. The number of fused-ring (bicyclic) bond motifs is 1. The van der Waals surface area contributed by atoms with Crippen molar-refractivity contribution in [2.45, 2.75) is 68.5 Å². The van der Waals surface area contributed by atoms with Gasteiger partial charge in [-0.25, -0.2) is 9.78 Å². The summed E-state index contributed by atoms with van der Waals surface area (Å²) >= 11 is 1.41. The number of carbonyl (C=O) groups is 2. The summed E-state index contributed by atoms with van der Waals surface area (Å²) in [7, 11) is -4.55. The van der Waals surface area contributed by atoms with E-state index >= 15 is 0 Å². The first-order valence-electron chi connectivity index (χ1n) is 12.2. The van der Waals surface area contributed by atoms with E-state index in [0.717, 1.165) is 39.9 Å². The van der Waals surface area contributed by atoms with Crippen molar-refractivity contribution in [2.75, 3.05) is 7.11 Å². The number of allylic oxidation sites excluding steroid dienone is 1. The number of β-lactam (4-membered cyclic amide) rings is 1. The Bertz CT molecular complexity index is 1420. The molecule has 1 aliphatic heterocycles. The van der Waals surface area contributed by atoms with Crippen molar-refractivity contribution in [1.29, 1.82) is 0 Å². The van der Waals surface area contributed by atoms with E-state index in [0.29, 0.717) is 4.34 Å². The average molecular weight is 673 g/mol. The predicted molar refractivity (Wildman–Crippen MR) is 156 cm³/mol. The molecule has 0 bridgehead atoms. The van der Waals surface area contributed by atoms with Gasteiger partial charge in [-0.05, 0) is 55.3 Å². The number of aromatic nitrogens is 1. The van der Waals surface area contributed by atoms with Gasteiger partial charge in [0.1, 0.15) is 11.1 Å². The summed E-state index contributed by atoms with van der Waals surface area (Å²) in [5, 5.41) is -0.891. The fraction of sp³-hybridized carbons (Fsp3) is 0.542. The average Bonchev–Trinajstić information content (AvgIpc) is 3.24. The van der Waals surface area contributed by atoms with Crippen LogP contribution in [0.25, 0.3) is 10.2 Å². The van der Waals surface area contributed by atoms with Crippen molar-refractivity contribution in [1.82, 2.24) is 9.88 Å². The summed E-state index contributed by atoms with van der Waals surface area (Å²) < 4.78 is 79.9. The molecule has 2 unspecified atom stereocenters. The number of benzene rings is 1. The summed E-state index contributed by atoms with van der Waals surface area (Å²) in [6.45, 7) is 12.3. The van der Waals surface area contributed by atoms with Crippen LogP contribution in [0.2, 0.25) is 13.1 Å². The molecule has 9 nitrogen and oxygen atoms in total. The highest BCUT2D eigenvalue weighted by atomic mass is 33.1. The molecule has 3 atom stereocenters. The Morgan fingerprint density at radius 2 is 1.76 bits per heavy atom. The fourth-order valence-corrected chi connectivity index (χ4v) is 10.3. The highest BCUT2D eigenvalue weighted by Gasteiger charge is 2.63. The molecule has 2 aromatic rings. The molecule has 1 aromatic carbocycles. The molecule has 0 radical (unpaired) electrons. The molecule has 0 saturated carbocycles. The number of halogens is 3. The Balaban J connectivity index is 2.12. The van der Waals surface area contributed by atoms with E-state index in [4.69, 9.17) is 9.16 Å². The number of hydrogen-bond donors (Lipinski definition) is 0. The van der Waals surface area contributed by atoms with E-state index in [2.05, 4.69) is 9.17 Å². The predicted octanol–water partition coefficient (Wildman–Crippen LogP) is 5.90. The SMILES string of the molecule is COC(=O)/C(=C(/C)OS(=O)(=O)C(F)(F)F)N1C(=O)C([C@](C)(O[SiH](C)C)C(C)(C)C)C1SSc1nc2ccccc2s1. The second-order valence-electron chi connectivity index (χ2n) is 10.6. The lowest BCUT2D eigenvalue weighted by Gasteiger charge is -2.57. The number of ether oxygens (including phenoxy) is 1. The van der Waals surface area contributed by atoms with Gasteiger partial charge in [-0.2, -0.15) is 21.6 Å². The Morgan fingerprint density at radius 3 is 2.27 bits per heavy atom. The standard InChI is InChI=1S/C24H31F3N2O7S4Si/c1-13(35-40(32,33)24(25,26)27)17(20(31)34-6)29-18(30)16(23(5,22(2,3)4)36-41(7)8)19(29)38-39-21-28-14-11-9-10-12-15(14)37-21/h9-12,16,19,41H,1-8H3/b17-13+/t16?,19?,23-/m0/s1. The van der Waals surface area contributed by atoms with Crippen LogP contribution in [0.4, 0.5) is 13.2 Å². The summed E-state index contributed by atoms with van der Waals surface area (Å²) in [5.74, 6) is -3.70. The zero-order valence-electron chi connectivity index (χ0n) is 23.6. The second kappa shape index (κ2) is 12.1. The largest absolute Gasteiger partial charge is 0.534 e. The Labute approximate surface area is 250 Å². The van der Waals surface area contributed by atoms with E-state index in [1.54, 1.807) is 6.92 Å². The van der Waals surface area contributed by atoms with Gasteiger partial charge in [0.2, 0.25) is 5.91 Å². The molecule has 1 saturated heterocycles. The number of nitrogens with zero attached hydrogens (tertiary/aromatic N) is 2. The number of amides is 1. The van der Waals surface area contributed by atoms with Crippen molar-refractivity contribution in [3.8, 4) is 0 Å². The topological polar surface area (TPSA) is 112 Å². The zero-order valence-corrected chi connectivity index (χ0v) is 28.0. The lowest BCUT2D eigenvalue weighted by molar-refractivity contribution is -0.175. The van der Waals surface area contributed by atoms with Crippen LogP contribution in [0.5, 0.6) is 0 Å². The van der Waals surface area contributed by atoms with Gasteiger partial charge in [0, 0.05) is 0 Å². The normalized spacial score (nSPS) is 20.5. The van der Waals surface area contributed by atoms with Crippen molar-refractivity contribution >= 4 is 74.2 Å². The van der Waals surface area contributed by atoms with Crippen molar-refractivity contribution < 1.29 is 44.5 Å². The Morgan fingerprint density at radius 1 is 1.15 bits per heavy atom. The summed E-state index contributed by atoms with van der Waals surface area (Å²) in [6, 6.07) is 7.47. The van der Waals surface area contributed by atoms with E-state index < -0.39 is 70.3 Å². The maximum absolute atomic E-state index is 13.9. The second-order valence-corrected chi connectivity index (χ2v) is 18.1. The first kappa shape index (κ1) is 33.7. The molecular weight excluding hydrogens is 642 g/mol. The first-order valence-corrected chi connectivity index (χ1v) is 19.5. The van der Waals surface area contributed by atoms with Gasteiger partial charge in [-0.3, -0.25) is 9.69 Å². The third kappa shape index (κ3) is 6.74. The number of methoxy groups -OCH3 is 1. The summed E-state index contributed by atoms with van der Waals surface area (Å²) in [4.78, 5) is 32.2. The number of rotatable bonds is 10. The third-order valence-corrected chi connectivity index (χ3v) is 12.6. The first-order chi connectivity index (χ1) is 18.7. The molecular formula is C24H31F3N2O7S4Si. The van der Waals surface area contributed by atoms with Gasteiger partial charge in [-0.15, -0.1) is 11.3 Å². The molecule has 41 heavy (non-hydrogen) atoms. The molecule has 3 rings (SSSR count). The number of thiazole rings is 1. The fourth-order valence-electron chi connectivity index (χ4n) is 4.25. The van der Waals surface area contributed by atoms with Crippen molar-refractivity contribution in [3.63, 3.8) is 0 Å². The quantitative estimate of drug-likeness (QED) is 0.0442. The maximum atomic E-state index is 13.9. The molecule has 0 N–H and O–H groups in total. The third-order valence-electron chi connectivity index (χ3n) is 6.57. The summed E-state index contributed by atoms with van der Waals surface area (Å²) in [6.07, 6.45) is 0.